The number of rotatable bonds is 10. The molecule has 0 bridgehead atoms. The Hall–Kier alpha value is -1.67. The molecule has 1 rings (SSSR count). The molecule has 0 radical (unpaired) electrons. The number of aliphatic carboxylic acids is 1. The van der Waals surface area contributed by atoms with E-state index in [9.17, 15) is 14.4 Å². The van der Waals surface area contributed by atoms with Crippen molar-refractivity contribution in [1.29, 1.82) is 0 Å². The zero-order valence-corrected chi connectivity index (χ0v) is 14.0. The second-order valence-corrected chi connectivity index (χ2v) is 6.03. The topological polar surface area (TPSA) is 102 Å². The smallest absolute Gasteiger partial charge is 0.305 e. The standard InChI is InChI=1S/C15H28N4O4/c1-18(2)10-11-19-9-3-4-12(19)15(23)17-7-5-13(20)16-8-6-14(21)22/h12H,3-11H2,1-2H3,(H,16,20)(H,17,23)(H,21,22)/i1+1,2+1,3+1,4+1,9+1,10+1,12+1,18+1,19+1. The van der Waals surface area contributed by atoms with Gasteiger partial charge in [-0.05, 0) is 33.5 Å². The van der Waals surface area contributed by atoms with Crippen LogP contribution in [0.2, 0.25) is 0 Å². The van der Waals surface area contributed by atoms with Gasteiger partial charge in [0.2, 0.25) is 11.8 Å². The molecule has 3 N–H and O–H groups in total. The van der Waals surface area contributed by atoms with Gasteiger partial charge in [0.05, 0.1) is 12.5 Å². The lowest BCUT2D eigenvalue weighted by molar-refractivity contribution is -0.137. The van der Waals surface area contributed by atoms with E-state index in [0.29, 0.717) is 0 Å². The van der Waals surface area contributed by atoms with Gasteiger partial charge in [-0.25, -0.2) is 0 Å². The molecule has 23 heavy (non-hydrogen) atoms. The Morgan fingerprint density at radius 3 is 2.52 bits per heavy atom. The maximum atomic E-state index is 12.2. The third kappa shape index (κ3) is 7.94. The largest absolute Gasteiger partial charge is 0.481 e. The number of carbonyl (C=O) groups excluding carboxylic acids is 2. The quantitative estimate of drug-likeness (QED) is 0.353. The Morgan fingerprint density at radius 2 is 1.87 bits per heavy atom. The average Bonchev–Trinajstić information content (AvgIpc) is 2.93. The Bertz CT molecular complexity index is 414. The number of nitrogens with zero attached hydrogens (tertiary/aromatic N) is 2. The summed E-state index contributed by atoms with van der Waals surface area (Å²) in [5, 5.41) is 13.8. The number of hydrogen-bond acceptors (Lipinski definition) is 5. The van der Waals surface area contributed by atoms with E-state index < -0.39 is 5.97 Å². The van der Waals surface area contributed by atoms with Crippen LogP contribution in [-0.4, -0.2) is 85.6 Å². The molecule has 132 valence electrons. The summed E-state index contributed by atoms with van der Waals surface area (Å²) >= 11 is 0. The maximum Gasteiger partial charge on any atom is 0.305 e. The monoisotopic (exact) mass is 337 g/mol. The molecule has 0 spiro atoms. The van der Waals surface area contributed by atoms with Crippen molar-refractivity contribution in [1.82, 2.24) is 20.4 Å². The van der Waals surface area contributed by atoms with Crippen molar-refractivity contribution in [2.75, 3.05) is 46.8 Å². The molecule has 8 heteroatoms. The summed E-state index contributed by atoms with van der Waals surface area (Å²) in [5.74, 6) is -1.22. The highest BCUT2D eigenvalue weighted by Gasteiger charge is 2.30. The van der Waals surface area contributed by atoms with Gasteiger partial charge in [0.15, 0.2) is 0 Å². The molecular formula is C15H28N4O4. The van der Waals surface area contributed by atoms with E-state index in [4.69, 9.17) is 5.11 Å². The zero-order valence-electron chi connectivity index (χ0n) is 14.0. The van der Waals surface area contributed by atoms with E-state index >= 15 is 0 Å². The molecule has 0 aromatic carbocycles. The second kappa shape index (κ2) is 10.2. The van der Waals surface area contributed by atoms with Crippen molar-refractivity contribution in [3.8, 4) is 0 Å². The molecule has 1 fully saturated rings. The fourth-order valence-electron chi connectivity index (χ4n) is 2.53. The molecular weight excluding hydrogens is 309 g/mol. The van der Waals surface area contributed by atoms with Crippen molar-refractivity contribution < 1.29 is 19.5 Å². The Labute approximate surface area is 137 Å². The average molecular weight is 337 g/mol. The minimum atomic E-state index is -0.947. The predicted octanol–water partition coefficient (Wildman–Crippen LogP) is -0.890. The first-order valence-electron chi connectivity index (χ1n) is 8.05. The molecule has 1 atom stereocenters. The lowest BCUT2D eigenvalue weighted by Gasteiger charge is -2.25. The van der Waals surface area contributed by atoms with Crippen LogP contribution in [0, 0.1) is 0 Å². The summed E-state index contributed by atoms with van der Waals surface area (Å²) in [7, 11) is 4.02. The van der Waals surface area contributed by atoms with Crippen LogP contribution in [0.1, 0.15) is 25.7 Å². The Kier molecular flexibility index (Phi) is 8.57. The number of amides is 2. The van der Waals surface area contributed by atoms with E-state index in [1.54, 1.807) is 0 Å². The summed E-state index contributed by atoms with van der Waals surface area (Å²) in [5.41, 5.74) is 0. The maximum absolute atomic E-state index is 12.2. The normalized spacial score (nSPS) is 18.1. The Morgan fingerprint density at radius 1 is 1.17 bits per heavy atom. The van der Waals surface area contributed by atoms with Crippen molar-refractivity contribution in [2.45, 2.75) is 31.7 Å². The number of hydrogen-bond donors (Lipinski definition) is 3. The van der Waals surface area contributed by atoms with Crippen molar-refractivity contribution >= 4 is 17.8 Å². The molecule has 1 heterocycles. The highest BCUT2D eigenvalue weighted by Crippen LogP contribution is 2.16. The fourth-order valence-corrected chi connectivity index (χ4v) is 2.53. The van der Waals surface area contributed by atoms with Crippen LogP contribution in [-0.2, 0) is 14.4 Å². The van der Waals surface area contributed by atoms with Gasteiger partial charge in [-0.2, -0.15) is 0 Å². The molecule has 1 aliphatic rings. The summed E-state index contributed by atoms with van der Waals surface area (Å²) in [6, 6.07) is -0.106. The van der Waals surface area contributed by atoms with Crippen LogP contribution in [0.3, 0.4) is 0 Å². The first-order valence-corrected chi connectivity index (χ1v) is 8.05. The summed E-state index contributed by atoms with van der Waals surface area (Å²) in [6.45, 7) is 3.09. The lowest BCUT2D eigenvalue weighted by Crippen LogP contribution is -2.46. The van der Waals surface area contributed by atoms with Gasteiger partial charge in [0.25, 0.3) is 0 Å². The lowest BCUT2D eigenvalue weighted by atomic mass is 10.3. The van der Waals surface area contributed by atoms with Crippen LogP contribution < -0.4 is 10.6 Å². The minimum Gasteiger partial charge on any atom is -0.481 e. The third-order valence-corrected chi connectivity index (χ3v) is 3.81. The molecule has 1 aliphatic heterocycles. The molecule has 2 amide bonds. The summed E-state index contributed by atoms with van der Waals surface area (Å²) in [6.07, 6.45) is 1.93. The van der Waals surface area contributed by atoms with E-state index in [1.807, 2.05) is 14.1 Å². The highest BCUT2D eigenvalue weighted by molar-refractivity contribution is 5.83. The zero-order chi connectivity index (χ0) is 17.2. The SMILES string of the molecule is [13CH3][15N]([13CH3])[13CH2]C[15N]1[13CH2][13CH2][13CH2][13CH]1C(=O)NCCC(=O)NCCC(=O)O. The van der Waals surface area contributed by atoms with E-state index in [2.05, 4.69) is 20.4 Å². The number of carboxylic acids is 1. The molecule has 0 aromatic rings. The van der Waals surface area contributed by atoms with Crippen molar-refractivity contribution in [2.24, 2.45) is 0 Å². The minimum absolute atomic E-state index is 0.0282. The highest BCUT2D eigenvalue weighted by atomic mass is 16.4. The molecule has 0 saturated carbocycles. The number of carbonyl (C=O) groups is 3. The van der Waals surface area contributed by atoms with E-state index in [1.165, 1.54) is 0 Å². The molecule has 1 saturated heterocycles. The van der Waals surface area contributed by atoms with Crippen LogP contribution in [0.25, 0.3) is 0 Å². The number of likely N-dealkylation sites (tertiary alicyclic amines) is 1. The van der Waals surface area contributed by atoms with Gasteiger partial charge in [0.1, 0.15) is 0 Å². The predicted molar refractivity (Wildman–Crippen MR) is 86.0 cm³/mol. The molecule has 0 aliphatic carbocycles. The fraction of sp³-hybridized carbons (Fsp3) is 0.800. The molecule has 8 nitrogen and oxygen atoms in total. The van der Waals surface area contributed by atoms with Crippen LogP contribution >= 0.6 is 0 Å². The van der Waals surface area contributed by atoms with Crippen LogP contribution in [0.15, 0.2) is 0 Å². The first kappa shape index (κ1) is 19.4. The van der Waals surface area contributed by atoms with Gasteiger partial charge in [-0.1, -0.05) is 0 Å². The third-order valence-electron chi connectivity index (χ3n) is 3.81. The molecule has 1 unspecified atom stereocenters. The molecule has 0 aromatic heterocycles. The van der Waals surface area contributed by atoms with Gasteiger partial charge in [-0.3, -0.25) is 19.3 Å². The second-order valence-electron chi connectivity index (χ2n) is 6.03. The van der Waals surface area contributed by atoms with Gasteiger partial charge in [0, 0.05) is 32.6 Å². The van der Waals surface area contributed by atoms with E-state index in [-0.39, 0.29) is 43.8 Å². The first-order chi connectivity index (χ1) is 10.9. The van der Waals surface area contributed by atoms with Crippen LogP contribution in [0.5, 0.6) is 0 Å². The van der Waals surface area contributed by atoms with Gasteiger partial charge >= 0.3 is 5.97 Å². The summed E-state index contributed by atoms with van der Waals surface area (Å²) < 4.78 is 0. The van der Waals surface area contributed by atoms with E-state index in [0.717, 1.165) is 32.5 Å². The van der Waals surface area contributed by atoms with Gasteiger partial charge < -0.3 is 20.6 Å². The number of carboxylic acid groups (broad SMARTS) is 1. The van der Waals surface area contributed by atoms with Crippen molar-refractivity contribution in [3.63, 3.8) is 0 Å². The summed E-state index contributed by atoms with van der Waals surface area (Å²) in [4.78, 5) is 38.3. The van der Waals surface area contributed by atoms with Gasteiger partial charge in [-0.15, -0.1) is 0 Å². The van der Waals surface area contributed by atoms with Crippen molar-refractivity contribution in [3.05, 3.63) is 0 Å². The Balaban J connectivity index is 2.22. The number of nitrogens with one attached hydrogen (secondary N) is 2. The number of likely N-dealkylation sites (N-methyl/N-ethyl adjacent to an activating group) is 1. The van der Waals surface area contributed by atoms with Crippen LogP contribution in [0.4, 0.5) is 0 Å².